The zero-order chi connectivity index (χ0) is 20.5. The first-order valence-corrected chi connectivity index (χ1v) is 9.28. The number of rotatable bonds is 4. The van der Waals surface area contributed by atoms with Crippen molar-refractivity contribution >= 4 is 28.9 Å². The van der Waals surface area contributed by atoms with Gasteiger partial charge in [-0.05, 0) is 26.3 Å². The molecule has 3 aromatic rings. The van der Waals surface area contributed by atoms with Gasteiger partial charge in [0.25, 0.3) is 11.6 Å². The third-order valence-electron chi connectivity index (χ3n) is 4.89. The molecular weight excluding hydrogens is 374 g/mol. The van der Waals surface area contributed by atoms with Crippen molar-refractivity contribution in [3.8, 4) is 11.3 Å². The SMILES string of the molecule is Cc1ccc(-c2cc(C(=O)OCC(=O)N3CCCC3=O)c3c(C)noc3n2)cc1. The number of hydrogen-bond donors (Lipinski definition) is 0. The summed E-state index contributed by atoms with van der Waals surface area (Å²) in [4.78, 5) is 42.2. The van der Waals surface area contributed by atoms with Crippen LogP contribution in [0, 0.1) is 13.8 Å². The number of imide groups is 1. The molecule has 3 heterocycles. The minimum absolute atomic E-state index is 0.213. The van der Waals surface area contributed by atoms with Crippen LogP contribution in [0.5, 0.6) is 0 Å². The summed E-state index contributed by atoms with van der Waals surface area (Å²) in [5.41, 5.74) is 3.36. The number of ether oxygens (including phenoxy) is 1. The van der Waals surface area contributed by atoms with Crippen molar-refractivity contribution in [1.29, 1.82) is 0 Å². The monoisotopic (exact) mass is 393 g/mol. The van der Waals surface area contributed by atoms with E-state index >= 15 is 0 Å². The topological polar surface area (TPSA) is 103 Å². The lowest BCUT2D eigenvalue weighted by molar-refractivity contribution is -0.143. The highest BCUT2D eigenvalue weighted by atomic mass is 16.5. The molecule has 0 spiro atoms. The molecule has 8 nitrogen and oxygen atoms in total. The van der Waals surface area contributed by atoms with E-state index in [1.165, 1.54) is 0 Å². The number of aromatic nitrogens is 2. The number of hydrogen-bond acceptors (Lipinski definition) is 7. The van der Waals surface area contributed by atoms with Gasteiger partial charge < -0.3 is 9.26 Å². The Kier molecular flexibility index (Phi) is 4.84. The Labute approximate surface area is 166 Å². The first kappa shape index (κ1) is 18.8. The van der Waals surface area contributed by atoms with Crippen molar-refractivity contribution in [1.82, 2.24) is 15.0 Å². The molecule has 1 aliphatic rings. The summed E-state index contributed by atoms with van der Waals surface area (Å²) < 4.78 is 10.5. The van der Waals surface area contributed by atoms with Crippen LogP contribution in [0.2, 0.25) is 0 Å². The molecule has 0 bridgehead atoms. The molecule has 0 atom stereocenters. The fourth-order valence-electron chi connectivity index (χ4n) is 3.32. The highest BCUT2D eigenvalue weighted by Crippen LogP contribution is 2.27. The molecule has 1 aliphatic heterocycles. The number of aryl methyl sites for hydroxylation is 2. The molecule has 0 radical (unpaired) electrons. The summed E-state index contributed by atoms with van der Waals surface area (Å²) in [6.45, 7) is 3.53. The van der Waals surface area contributed by atoms with Gasteiger partial charge >= 0.3 is 5.97 Å². The zero-order valence-electron chi connectivity index (χ0n) is 16.1. The molecule has 0 saturated carbocycles. The molecule has 0 aliphatic carbocycles. The zero-order valence-corrected chi connectivity index (χ0v) is 16.1. The van der Waals surface area contributed by atoms with E-state index in [-0.39, 0.29) is 17.2 Å². The molecule has 2 amide bonds. The van der Waals surface area contributed by atoms with Crippen LogP contribution >= 0.6 is 0 Å². The van der Waals surface area contributed by atoms with E-state index in [4.69, 9.17) is 9.26 Å². The minimum Gasteiger partial charge on any atom is -0.452 e. The molecule has 1 aromatic carbocycles. The molecule has 148 valence electrons. The van der Waals surface area contributed by atoms with E-state index in [1.54, 1.807) is 13.0 Å². The summed E-state index contributed by atoms with van der Waals surface area (Å²) in [7, 11) is 0. The number of benzene rings is 1. The summed E-state index contributed by atoms with van der Waals surface area (Å²) in [5, 5.41) is 4.33. The maximum absolute atomic E-state index is 12.8. The fraction of sp³-hybridized carbons (Fsp3) is 0.286. The van der Waals surface area contributed by atoms with E-state index < -0.39 is 18.5 Å². The molecule has 1 saturated heterocycles. The Morgan fingerprint density at radius 2 is 1.97 bits per heavy atom. The van der Waals surface area contributed by atoms with E-state index in [0.717, 1.165) is 16.0 Å². The van der Waals surface area contributed by atoms with Gasteiger partial charge in [-0.15, -0.1) is 0 Å². The van der Waals surface area contributed by atoms with Crippen LogP contribution in [0.25, 0.3) is 22.4 Å². The van der Waals surface area contributed by atoms with Crippen molar-refractivity contribution in [2.75, 3.05) is 13.2 Å². The van der Waals surface area contributed by atoms with Crippen molar-refractivity contribution in [2.45, 2.75) is 26.7 Å². The van der Waals surface area contributed by atoms with Gasteiger partial charge in [0.15, 0.2) is 6.61 Å². The average Bonchev–Trinajstić information content (AvgIpc) is 3.31. The Bertz CT molecular complexity index is 1120. The summed E-state index contributed by atoms with van der Waals surface area (Å²) >= 11 is 0. The van der Waals surface area contributed by atoms with E-state index in [0.29, 0.717) is 36.2 Å². The van der Waals surface area contributed by atoms with Crippen LogP contribution in [-0.4, -0.2) is 46.0 Å². The van der Waals surface area contributed by atoms with Crippen molar-refractivity contribution in [2.24, 2.45) is 0 Å². The Morgan fingerprint density at radius 3 is 2.66 bits per heavy atom. The predicted molar refractivity (Wildman–Crippen MR) is 103 cm³/mol. The van der Waals surface area contributed by atoms with Gasteiger partial charge in [0.2, 0.25) is 5.91 Å². The number of likely N-dealkylation sites (tertiary alicyclic amines) is 1. The van der Waals surface area contributed by atoms with Gasteiger partial charge in [-0.3, -0.25) is 14.5 Å². The number of nitrogens with zero attached hydrogens (tertiary/aromatic N) is 3. The van der Waals surface area contributed by atoms with Crippen molar-refractivity contribution in [3.63, 3.8) is 0 Å². The first-order valence-electron chi connectivity index (χ1n) is 9.28. The van der Waals surface area contributed by atoms with Crippen LogP contribution in [0.3, 0.4) is 0 Å². The van der Waals surface area contributed by atoms with Gasteiger partial charge in [-0.2, -0.15) is 0 Å². The van der Waals surface area contributed by atoms with E-state index in [9.17, 15) is 14.4 Å². The normalized spacial score (nSPS) is 13.9. The average molecular weight is 393 g/mol. The van der Waals surface area contributed by atoms with Gasteiger partial charge in [-0.25, -0.2) is 9.78 Å². The highest BCUT2D eigenvalue weighted by molar-refractivity contribution is 6.05. The fourth-order valence-corrected chi connectivity index (χ4v) is 3.32. The third kappa shape index (κ3) is 3.61. The van der Waals surface area contributed by atoms with Gasteiger partial charge in [0, 0.05) is 18.5 Å². The number of amides is 2. The van der Waals surface area contributed by atoms with Crippen LogP contribution in [0.4, 0.5) is 0 Å². The summed E-state index contributed by atoms with van der Waals surface area (Å²) in [6.07, 6.45) is 0.966. The van der Waals surface area contributed by atoms with Gasteiger partial charge in [-0.1, -0.05) is 35.0 Å². The first-order chi connectivity index (χ1) is 13.9. The molecule has 8 heteroatoms. The second-order valence-corrected chi connectivity index (χ2v) is 6.99. The molecular formula is C21H19N3O5. The lowest BCUT2D eigenvalue weighted by Crippen LogP contribution is -2.35. The van der Waals surface area contributed by atoms with Gasteiger partial charge in [0.05, 0.1) is 22.3 Å². The molecule has 4 rings (SSSR count). The maximum atomic E-state index is 12.8. The smallest absolute Gasteiger partial charge is 0.339 e. The van der Waals surface area contributed by atoms with Gasteiger partial charge in [0.1, 0.15) is 0 Å². The molecule has 2 aromatic heterocycles. The van der Waals surface area contributed by atoms with Crippen LogP contribution in [0.1, 0.15) is 34.5 Å². The van der Waals surface area contributed by atoms with Crippen molar-refractivity contribution < 1.29 is 23.6 Å². The molecule has 0 N–H and O–H groups in total. The maximum Gasteiger partial charge on any atom is 0.339 e. The largest absolute Gasteiger partial charge is 0.452 e. The number of carbonyl (C=O) groups excluding carboxylic acids is 3. The number of fused-ring (bicyclic) bond motifs is 1. The Hall–Kier alpha value is -3.55. The standard InChI is InChI=1S/C21H19N3O5/c1-12-5-7-14(8-6-12)16-10-15(19-13(2)23-29-20(19)22-16)21(27)28-11-18(26)24-9-3-4-17(24)25/h5-8,10H,3-4,9,11H2,1-2H3. The number of pyridine rings is 1. The lowest BCUT2D eigenvalue weighted by atomic mass is 10.0. The van der Waals surface area contributed by atoms with Crippen LogP contribution in [0.15, 0.2) is 34.9 Å². The number of esters is 1. The molecule has 29 heavy (non-hydrogen) atoms. The quantitative estimate of drug-likeness (QED) is 0.628. The number of carbonyl (C=O) groups is 3. The Balaban J connectivity index is 1.63. The molecule has 1 fully saturated rings. The minimum atomic E-state index is -0.697. The van der Waals surface area contributed by atoms with Crippen LogP contribution < -0.4 is 0 Å². The van der Waals surface area contributed by atoms with E-state index in [1.807, 2.05) is 31.2 Å². The predicted octanol–water partition coefficient (Wildman–Crippen LogP) is 2.81. The van der Waals surface area contributed by atoms with E-state index in [2.05, 4.69) is 10.1 Å². The highest BCUT2D eigenvalue weighted by Gasteiger charge is 2.28. The van der Waals surface area contributed by atoms with Crippen molar-refractivity contribution in [3.05, 3.63) is 47.2 Å². The summed E-state index contributed by atoms with van der Waals surface area (Å²) in [6, 6.07) is 9.27. The third-order valence-corrected chi connectivity index (χ3v) is 4.89. The Morgan fingerprint density at radius 1 is 1.21 bits per heavy atom. The molecule has 0 unspecified atom stereocenters. The second kappa shape index (κ2) is 7.46. The second-order valence-electron chi connectivity index (χ2n) is 6.99. The lowest BCUT2D eigenvalue weighted by Gasteiger charge is -2.13. The summed E-state index contributed by atoms with van der Waals surface area (Å²) in [5.74, 6) is -1.46. The van der Waals surface area contributed by atoms with Crippen LogP contribution in [-0.2, 0) is 14.3 Å².